The number of rotatable bonds is 2. The van der Waals surface area contributed by atoms with Crippen molar-refractivity contribution < 1.29 is 4.21 Å². The fraction of sp³-hybridized carbons (Fsp3) is 0.286. The first kappa shape index (κ1) is 9.07. The molecule has 0 radical (unpaired) electrons. The lowest BCUT2D eigenvalue weighted by Gasteiger charge is -1.96. The Hall–Kier alpha value is -1.50. The highest BCUT2D eigenvalue weighted by molar-refractivity contribution is 7.83. The Bertz CT molecular complexity index is 544. The van der Waals surface area contributed by atoms with Crippen LogP contribution in [0.15, 0.2) is 17.2 Å². The van der Waals surface area contributed by atoms with Crippen molar-refractivity contribution in [3.8, 4) is 0 Å². The van der Waals surface area contributed by atoms with Gasteiger partial charge in [-0.3, -0.25) is 14.1 Å². The zero-order valence-corrected chi connectivity index (χ0v) is 8.24. The topological polar surface area (TPSA) is 80.1 Å². The molecule has 74 valence electrons. The maximum Gasteiger partial charge on any atom is 0.274 e. The highest BCUT2D eigenvalue weighted by atomic mass is 32.2. The molecule has 7 heteroatoms. The minimum Gasteiger partial charge on any atom is -0.278 e. The van der Waals surface area contributed by atoms with Crippen molar-refractivity contribution in [2.75, 3.05) is 6.26 Å². The predicted octanol–water partition coefficient (Wildman–Crippen LogP) is -0.704. The van der Waals surface area contributed by atoms with Crippen LogP contribution in [-0.2, 0) is 16.6 Å². The van der Waals surface area contributed by atoms with E-state index in [0.29, 0.717) is 11.5 Å². The maximum atomic E-state index is 11.4. The number of nitrogens with one attached hydrogen (secondary N) is 1. The van der Waals surface area contributed by atoms with E-state index in [4.69, 9.17) is 0 Å². The first-order valence-corrected chi connectivity index (χ1v) is 5.61. The Morgan fingerprint density at radius 3 is 3.14 bits per heavy atom. The van der Waals surface area contributed by atoms with E-state index in [-0.39, 0.29) is 11.3 Å². The molecule has 2 aromatic heterocycles. The van der Waals surface area contributed by atoms with E-state index in [1.54, 1.807) is 6.26 Å². The molecule has 1 N–H and O–H groups in total. The minimum atomic E-state index is -1.00. The minimum absolute atomic E-state index is 0.243. The van der Waals surface area contributed by atoms with Crippen LogP contribution in [0.5, 0.6) is 0 Å². The Balaban J connectivity index is 2.58. The quantitative estimate of drug-likeness (QED) is 0.713. The number of fused-ring (bicyclic) bond motifs is 1. The SMILES string of the molecule is CS(=O)Cc1cc(=O)n2[nH]cnc2n1. The van der Waals surface area contributed by atoms with Crippen LogP contribution in [0, 0.1) is 0 Å². The summed E-state index contributed by atoms with van der Waals surface area (Å²) >= 11 is 0. The van der Waals surface area contributed by atoms with Crippen molar-refractivity contribution in [2.45, 2.75) is 5.75 Å². The third-order valence-corrected chi connectivity index (χ3v) is 2.37. The standard InChI is InChI=1S/C7H8N4O2S/c1-14(13)3-5-2-6(12)11-7(10-5)8-4-9-11/h2,4H,3H2,1H3,(H,8,9,10). The summed E-state index contributed by atoms with van der Waals surface area (Å²) in [4.78, 5) is 19.3. The van der Waals surface area contributed by atoms with Crippen molar-refractivity contribution in [3.05, 3.63) is 28.4 Å². The molecule has 0 aromatic carbocycles. The van der Waals surface area contributed by atoms with Crippen LogP contribution < -0.4 is 5.56 Å². The number of aromatic amines is 1. The molecule has 0 aliphatic rings. The van der Waals surface area contributed by atoms with Crippen molar-refractivity contribution >= 4 is 16.6 Å². The number of aromatic nitrogens is 4. The van der Waals surface area contributed by atoms with Gasteiger partial charge < -0.3 is 0 Å². The summed E-state index contributed by atoms with van der Waals surface area (Å²) in [5.74, 6) is 0.580. The van der Waals surface area contributed by atoms with Gasteiger partial charge in [0, 0.05) is 23.1 Å². The molecule has 0 aliphatic heterocycles. The Labute approximate surface area is 81.4 Å². The molecule has 0 bridgehead atoms. The van der Waals surface area contributed by atoms with Gasteiger partial charge in [-0.05, 0) is 0 Å². The van der Waals surface area contributed by atoms with Crippen molar-refractivity contribution in [2.24, 2.45) is 0 Å². The van der Waals surface area contributed by atoms with Gasteiger partial charge in [-0.25, -0.2) is 9.97 Å². The van der Waals surface area contributed by atoms with Gasteiger partial charge in [-0.15, -0.1) is 0 Å². The van der Waals surface area contributed by atoms with Gasteiger partial charge >= 0.3 is 0 Å². The van der Waals surface area contributed by atoms with Crippen LogP contribution in [0.1, 0.15) is 5.69 Å². The van der Waals surface area contributed by atoms with Crippen molar-refractivity contribution in [3.63, 3.8) is 0 Å². The van der Waals surface area contributed by atoms with Crippen LogP contribution >= 0.6 is 0 Å². The molecule has 14 heavy (non-hydrogen) atoms. The summed E-state index contributed by atoms with van der Waals surface area (Å²) < 4.78 is 12.2. The lowest BCUT2D eigenvalue weighted by Crippen LogP contribution is -2.16. The molecule has 0 saturated heterocycles. The highest BCUT2D eigenvalue weighted by Gasteiger charge is 2.04. The predicted molar refractivity (Wildman–Crippen MR) is 51.4 cm³/mol. The van der Waals surface area contributed by atoms with E-state index >= 15 is 0 Å². The van der Waals surface area contributed by atoms with Gasteiger partial charge in [0.25, 0.3) is 11.3 Å². The van der Waals surface area contributed by atoms with Gasteiger partial charge in [-0.2, -0.15) is 4.52 Å². The van der Waals surface area contributed by atoms with E-state index in [0.717, 1.165) is 0 Å². The van der Waals surface area contributed by atoms with Crippen LogP contribution in [0.3, 0.4) is 0 Å². The summed E-state index contributed by atoms with van der Waals surface area (Å²) in [6, 6.07) is 1.35. The molecule has 1 atom stereocenters. The largest absolute Gasteiger partial charge is 0.278 e. The van der Waals surface area contributed by atoms with Gasteiger partial charge in [0.1, 0.15) is 6.33 Å². The van der Waals surface area contributed by atoms with Crippen LogP contribution in [0.4, 0.5) is 0 Å². The molecule has 0 amide bonds. The molecular weight excluding hydrogens is 204 g/mol. The zero-order valence-electron chi connectivity index (χ0n) is 7.43. The highest BCUT2D eigenvalue weighted by Crippen LogP contribution is 1.97. The Morgan fingerprint density at radius 1 is 1.64 bits per heavy atom. The average molecular weight is 212 g/mol. The van der Waals surface area contributed by atoms with E-state index in [9.17, 15) is 9.00 Å². The van der Waals surface area contributed by atoms with E-state index in [2.05, 4.69) is 15.1 Å². The molecular formula is C7H8N4O2S. The van der Waals surface area contributed by atoms with Gasteiger partial charge in [-0.1, -0.05) is 0 Å². The smallest absolute Gasteiger partial charge is 0.274 e. The van der Waals surface area contributed by atoms with Crippen LogP contribution in [-0.4, -0.2) is 30.0 Å². The fourth-order valence-corrected chi connectivity index (χ4v) is 1.72. The number of hydrogen-bond donors (Lipinski definition) is 1. The average Bonchev–Trinajstić information content (AvgIpc) is 2.50. The third-order valence-electron chi connectivity index (χ3n) is 1.67. The second kappa shape index (κ2) is 3.33. The second-order valence-electron chi connectivity index (χ2n) is 2.83. The number of hydrogen-bond acceptors (Lipinski definition) is 4. The molecule has 1 unspecified atom stereocenters. The summed E-state index contributed by atoms with van der Waals surface area (Å²) in [5, 5.41) is 2.62. The fourth-order valence-electron chi connectivity index (χ4n) is 1.15. The molecule has 2 aromatic rings. The monoisotopic (exact) mass is 212 g/mol. The summed E-state index contributed by atoms with van der Waals surface area (Å²) in [6.07, 6.45) is 2.95. The first-order chi connectivity index (χ1) is 6.66. The Morgan fingerprint density at radius 2 is 2.43 bits per heavy atom. The normalized spacial score (nSPS) is 13.2. The van der Waals surface area contributed by atoms with Gasteiger partial charge in [0.15, 0.2) is 0 Å². The second-order valence-corrected chi connectivity index (χ2v) is 4.26. The zero-order chi connectivity index (χ0) is 10.1. The van der Waals surface area contributed by atoms with E-state index in [1.165, 1.54) is 16.9 Å². The maximum absolute atomic E-state index is 11.4. The lowest BCUT2D eigenvalue weighted by molar-refractivity contribution is 0.685. The summed E-state index contributed by atoms with van der Waals surface area (Å²) in [6.45, 7) is 0. The summed E-state index contributed by atoms with van der Waals surface area (Å²) in [7, 11) is -1.00. The van der Waals surface area contributed by atoms with E-state index < -0.39 is 10.8 Å². The van der Waals surface area contributed by atoms with Gasteiger partial charge in [0.2, 0.25) is 0 Å². The van der Waals surface area contributed by atoms with Crippen molar-refractivity contribution in [1.82, 2.24) is 19.6 Å². The molecule has 2 rings (SSSR count). The van der Waals surface area contributed by atoms with Crippen molar-refractivity contribution in [1.29, 1.82) is 0 Å². The number of nitrogens with zero attached hydrogens (tertiary/aromatic N) is 3. The molecule has 0 aliphatic carbocycles. The number of H-pyrrole nitrogens is 1. The van der Waals surface area contributed by atoms with Crippen LogP contribution in [0.25, 0.3) is 5.78 Å². The lowest BCUT2D eigenvalue weighted by atomic mass is 10.4. The molecule has 0 saturated carbocycles. The molecule has 0 fully saturated rings. The molecule has 2 heterocycles. The van der Waals surface area contributed by atoms with E-state index in [1.807, 2.05) is 0 Å². The van der Waals surface area contributed by atoms with Gasteiger partial charge in [0.05, 0.1) is 11.4 Å². The molecule has 6 nitrogen and oxygen atoms in total. The summed E-state index contributed by atoms with van der Waals surface area (Å²) in [5.41, 5.74) is 0.260. The first-order valence-electron chi connectivity index (χ1n) is 3.89. The molecule has 0 spiro atoms. The Kier molecular flexibility index (Phi) is 2.16. The third kappa shape index (κ3) is 1.58. The van der Waals surface area contributed by atoms with Crippen LogP contribution in [0.2, 0.25) is 0 Å².